The normalized spacial score (nSPS) is 21.9. The van der Waals surface area contributed by atoms with Crippen molar-refractivity contribution in [3.63, 3.8) is 0 Å². The average Bonchev–Trinajstić information content (AvgIpc) is 2.66. The Morgan fingerprint density at radius 1 is 1.15 bits per heavy atom. The minimum atomic E-state index is -0.440. The fourth-order valence-electron chi connectivity index (χ4n) is 3.49. The number of fused-ring (bicyclic) bond motifs is 1. The van der Waals surface area contributed by atoms with Gasteiger partial charge in [0.2, 0.25) is 5.95 Å². The van der Waals surface area contributed by atoms with Gasteiger partial charge in [-0.25, -0.2) is 9.37 Å². The van der Waals surface area contributed by atoms with E-state index in [4.69, 9.17) is 5.73 Å². The highest BCUT2D eigenvalue weighted by Crippen LogP contribution is 2.28. The highest BCUT2D eigenvalue weighted by atomic mass is 19.1. The van der Waals surface area contributed by atoms with Crippen molar-refractivity contribution in [1.82, 2.24) is 9.97 Å². The molecule has 2 aromatic rings. The van der Waals surface area contributed by atoms with Gasteiger partial charge < -0.3 is 16.4 Å². The van der Waals surface area contributed by atoms with Crippen LogP contribution in [0.15, 0.2) is 29.4 Å². The number of nitrogens with two attached hydrogens (primary N) is 1. The molecule has 1 aromatic carbocycles. The molecule has 1 saturated carbocycles. The van der Waals surface area contributed by atoms with Gasteiger partial charge >= 0.3 is 0 Å². The molecule has 0 amide bonds. The number of rotatable bonds is 4. The molecule has 0 bridgehead atoms. The van der Waals surface area contributed by atoms with Crippen LogP contribution in [-0.2, 0) is 6.42 Å². The number of aromatic nitrogens is 2. The predicted octanol–water partition coefficient (Wildman–Crippen LogP) is 3.69. The first kappa shape index (κ1) is 16.9. The zero-order valence-electron chi connectivity index (χ0n) is 14.6. The van der Waals surface area contributed by atoms with Crippen molar-refractivity contribution in [3.8, 4) is 0 Å². The molecule has 2 heterocycles. The average molecular weight is 354 g/mol. The topological polar surface area (TPSA) is 88.2 Å². The minimum absolute atomic E-state index is 0.202. The summed E-state index contributed by atoms with van der Waals surface area (Å²) in [7, 11) is 0. The highest BCUT2D eigenvalue weighted by Gasteiger charge is 2.20. The van der Waals surface area contributed by atoms with E-state index in [1.165, 1.54) is 11.8 Å². The van der Waals surface area contributed by atoms with E-state index in [2.05, 4.69) is 25.6 Å². The maximum atomic E-state index is 14.1. The molecular formula is C19H23FN6. The lowest BCUT2D eigenvalue weighted by Crippen LogP contribution is -2.33. The summed E-state index contributed by atoms with van der Waals surface area (Å²) >= 11 is 0. The predicted molar refractivity (Wildman–Crippen MR) is 102 cm³/mol. The van der Waals surface area contributed by atoms with E-state index in [1.54, 1.807) is 0 Å². The Bertz CT molecular complexity index is 814. The number of nitrogens with zero attached hydrogens (tertiary/aromatic N) is 3. The van der Waals surface area contributed by atoms with Crippen molar-refractivity contribution in [1.29, 1.82) is 0 Å². The van der Waals surface area contributed by atoms with Crippen LogP contribution >= 0.6 is 0 Å². The molecule has 1 aliphatic carbocycles. The number of hydrogen-bond donors (Lipinski definition) is 3. The summed E-state index contributed by atoms with van der Waals surface area (Å²) in [4.78, 5) is 12.8. The molecule has 1 fully saturated rings. The van der Waals surface area contributed by atoms with Crippen molar-refractivity contribution in [3.05, 3.63) is 35.8 Å². The van der Waals surface area contributed by atoms with Gasteiger partial charge in [-0.05, 0) is 62.3 Å². The standard InChI is InChI=1S/C19H23FN6/c20-16-11-23-19(26-18(16)24-14-5-3-13(21)4-6-14)25-15-7-8-17-12(10-15)2-1-9-22-17/h7-11,13-14H,1-6,21H2,(H2,23,24,25,26). The van der Waals surface area contributed by atoms with Gasteiger partial charge in [-0.2, -0.15) is 4.98 Å². The van der Waals surface area contributed by atoms with Gasteiger partial charge in [0.1, 0.15) is 0 Å². The zero-order chi connectivity index (χ0) is 17.9. The Morgan fingerprint density at radius 3 is 2.85 bits per heavy atom. The van der Waals surface area contributed by atoms with Gasteiger partial charge in [0.15, 0.2) is 11.6 Å². The molecular weight excluding hydrogens is 331 g/mol. The van der Waals surface area contributed by atoms with Crippen molar-refractivity contribution >= 4 is 29.4 Å². The van der Waals surface area contributed by atoms with Crippen molar-refractivity contribution < 1.29 is 4.39 Å². The molecule has 1 aromatic heterocycles. The van der Waals surface area contributed by atoms with Gasteiger partial charge in [0.25, 0.3) is 0 Å². The first-order valence-electron chi connectivity index (χ1n) is 9.14. The van der Waals surface area contributed by atoms with Crippen LogP contribution in [0.3, 0.4) is 0 Å². The molecule has 0 saturated heterocycles. The second-order valence-electron chi connectivity index (χ2n) is 6.97. The third-order valence-electron chi connectivity index (χ3n) is 4.97. The molecule has 7 heteroatoms. The first-order valence-corrected chi connectivity index (χ1v) is 9.14. The maximum Gasteiger partial charge on any atom is 0.229 e. The Hall–Kier alpha value is -2.54. The Labute approximate surface area is 152 Å². The molecule has 4 N–H and O–H groups in total. The molecule has 0 spiro atoms. The van der Waals surface area contributed by atoms with Crippen molar-refractivity contribution in [2.75, 3.05) is 10.6 Å². The van der Waals surface area contributed by atoms with Crippen LogP contribution in [-0.4, -0.2) is 28.3 Å². The number of nitrogens with one attached hydrogen (secondary N) is 2. The summed E-state index contributed by atoms with van der Waals surface area (Å²) in [5.74, 6) is 0.177. The van der Waals surface area contributed by atoms with E-state index < -0.39 is 5.82 Å². The van der Waals surface area contributed by atoms with Gasteiger partial charge in [0.05, 0.1) is 11.9 Å². The highest BCUT2D eigenvalue weighted by molar-refractivity contribution is 5.71. The number of halogens is 1. The van der Waals surface area contributed by atoms with Crippen molar-refractivity contribution in [2.45, 2.75) is 50.6 Å². The summed E-state index contributed by atoms with van der Waals surface area (Å²) in [5.41, 5.74) is 9.00. The molecule has 26 heavy (non-hydrogen) atoms. The van der Waals surface area contributed by atoms with Crippen LogP contribution in [0.25, 0.3) is 0 Å². The van der Waals surface area contributed by atoms with E-state index in [1.807, 2.05) is 24.4 Å². The summed E-state index contributed by atoms with van der Waals surface area (Å²) in [5, 5.41) is 6.37. The van der Waals surface area contributed by atoms with Gasteiger partial charge in [-0.15, -0.1) is 0 Å². The Morgan fingerprint density at radius 2 is 2.00 bits per heavy atom. The van der Waals surface area contributed by atoms with Gasteiger partial charge in [-0.3, -0.25) is 4.99 Å². The molecule has 2 aliphatic rings. The largest absolute Gasteiger partial charge is 0.365 e. The van der Waals surface area contributed by atoms with Crippen LogP contribution in [0, 0.1) is 5.82 Å². The number of hydrogen-bond acceptors (Lipinski definition) is 6. The monoisotopic (exact) mass is 354 g/mol. The third kappa shape index (κ3) is 3.83. The van der Waals surface area contributed by atoms with E-state index in [0.717, 1.165) is 49.9 Å². The molecule has 6 nitrogen and oxygen atoms in total. The van der Waals surface area contributed by atoms with Crippen molar-refractivity contribution in [2.24, 2.45) is 10.7 Å². The summed E-state index contributed by atoms with van der Waals surface area (Å²) in [6.45, 7) is 0. The van der Waals surface area contributed by atoms with Crippen LogP contribution in [0.2, 0.25) is 0 Å². The van der Waals surface area contributed by atoms with Crippen LogP contribution in [0.1, 0.15) is 37.7 Å². The number of aliphatic imine (C=N–C) groups is 1. The number of anilines is 3. The third-order valence-corrected chi connectivity index (χ3v) is 4.97. The van der Waals surface area contributed by atoms with E-state index in [-0.39, 0.29) is 17.9 Å². The summed E-state index contributed by atoms with van der Waals surface area (Å²) < 4.78 is 14.1. The molecule has 0 unspecified atom stereocenters. The molecule has 1 aliphatic heterocycles. The van der Waals surface area contributed by atoms with Crippen LogP contribution < -0.4 is 16.4 Å². The second-order valence-corrected chi connectivity index (χ2v) is 6.97. The summed E-state index contributed by atoms with van der Waals surface area (Å²) in [6, 6.07) is 6.42. The van der Waals surface area contributed by atoms with Crippen LogP contribution in [0.5, 0.6) is 0 Å². The lowest BCUT2D eigenvalue weighted by Gasteiger charge is -2.27. The quantitative estimate of drug-likeness (QED) is 0.779. The van der Waals surface area contributed by atoms with Gasteiger partial charge in [0, 0.05) is 24.0 Å². The number of benzene rings is 1. The lowest BCUT2D eigenvalue weighted by atomic mass is 9.92. The Kier molecular flexibility index (Phi) is 4.79. The Balaban J connectivity index is 1.48. The first-order chi connectivity index (χ1) is 12.7. The van der Waals surface area contributed by atoms with E-state index >= 15 is 0 Å². The fraction of sp³-hybridized carbons (Fsp3) is 0.421. The second kappa shape index (κ2) is 7.37. The van der Waals surface area contributed by atoms with Gasteiger partial charge in [-0.1, -0.05) is 0 Å². The molecule has 0 radical (unpaired) electrons. The maximum absolute atomic E-state index is 14.1. The SMILES string of the molecule is NC1CCC(Nc2nc(Nc3ccc4c(c3)CCC=N4)ncc2F)CC1. The van der Waals surface area contributed by atoms with Crippen LogP contribution in [0.4, 0.5) is 27.5 Å². The molecule has 136 valence electrons. The minimum Gasteiger partial charge on any atom is -0.365 e. The number of aryl methyl sites for hydroxylation is 1. The van der Waals surface area contributed by atoms with E-state index in [9.17, 15) is 4.39 Å². The fourth-order valence-corrected chi connectivity index (χ4v) is 3.49. The smallest absolute Gasteiger partial charge is 0.229 e. The zero-order valence-corrected chi connectivity index (χ0v) is 14.6. The lowest BCUT2D eigenvalue weighted by molar-refractivity contribution is 0.409. The van der Waals surface area contributed by atoms with E-state index in [0.29, 0.717) is 5.95 Å². The molecule has 4 rings (SSSR count). The summed E-state index contributed by atoms with van der Waals surface area (Å²) in [6.07, 6.45) is 8.82. The molecule has 0 atom stereocenters.